The van der Waals surface area contributed by atoms with Crippen LogP contribution in [0.4, 0.5) is 0 Å². The first-order valence-electron chi connectivity index (χ1n) is 13.6. The van der Waals surface area contributed by atoms with Crippen molar-refractivity contribution in [1.29, 1.82) is 0 Å². The molecule has 210 valence electrons. The Morgan fingerprint density at radius 1 is 0.700 bits per heavy atom. The van der Waals surface area contributed by atoms with Crippen LogP contribution >= 0.6 is 0 Å². The zero-order chi connectivity index (χ0) is 28.2. The molecule has 6 nitrogen and oxygen atoms in total. The molecule has 0 amide bonds. The van der Waals surface area contributed by atoms with Gasteiger partial charge in [0.2, 0.25) is 0 Å². The number of methoxy groups -OCH3 is 2. The average molecular weight is 542 g/mol. The summed E-state index contributed by atoms with van der Waals surface area (Å²) in [6, 6.07) is 34.9. The van der Waals surface area contributed by atoms with Crippen molar-refractivity contribution in [2.75, 3.05) is 33.9 Å². The van der Waals surface area contributed by atoms with Gasteiger partial charge in [-0.1, -0.05) is 72.8 Å². The summed E-state index contributed by atoms with van der Waals surface area (Å²) in [4.78, 5) is 2.22. The number of benzene rings is 4. The van der Waals surface area contributed by atoms with Crippen molar-refractivity contribution in [3.8, 4) is 17.2 Å². The van der Waals surface area contributed by atoms with Gasteiger partial charge in [0.1, 0.15) is 35.6 Å². The first-order chi connectivity index (χ1) is 19.5. The number of aliphatic hydroxyl groups is 2. The van der Waals surface area contributed by atoms with Gasteiger partial charge in [0.25, 0.3) is 0 Å². The highest BCUT2D eigenvalue weighted by Gasteiger charge is 2.31. The van der Waals surface area contributed by atoms with E-state index in [9.17, 15) is 10.2 Å². The standard InChI is InChI=1S/C34H39NO5/c1-38-31-18-14-28(15-19-31)34(37,29-16-20-32(39-2)21-17-29)22-9-23-35(24-27-10-5-3-6-11-27)25-30(36)26-40-33-12-7-4-8-13-33/h3-8,10-21,30,36-37H,9,22-26H2,1-2H3/t30-/m0/s1. The van der Waals surface area contributed by atoms with Crippen molar-refractivity contribution in [3.63, 3.8) is 0 Å². The molecule has 2 N–H and O–H groups in total. The minimum Gasteiger partial charge on any atom is -0.497 e. The molecule has 0 radical (unpaired) electrons. The van der Waals surface area contributed by atoms with Gasteiger partial charge in [-0.2, -0.15) is 0 Å². The minimum atomic E-state index is -1.20. The fourth-order valence-electron chi connectivity index (χ4n) is 4.88. The Kier molecular flexibility index (Phi) is 10.6. The third-order valence-electron chi connectivity index (χ3n) is 7.05. The fraction of sp³-hybridized carbons (Fsp3) is 0.294. The molecule has 0 spiro atoms. The summed E-state index contributed by atoms with van der Waals surface area (Å²) < 4.78 is 16.5. The number of para-hydroxylation sites is 1. The van der Waals surface area contributed by atoms with Gasteiger partial charge in [-0.15, -0.1) is 0 Å². The summed E-state index contributed by atoms with van der Waals surface area (Å²) in [7, 11) is 3.26. The van der Waals surface area contributed by atoms with Crippen LogP contribution in [0, 0.1) is 0 Å². The second kappa shape index (κ2) is 14.5. The second-order valence-corrected chi connectivity index (χ2v) is 9.92. The van der Waals surface area contributed by atoms with Gasteiger partial charge >= 0.3 is 0 Å². The number of ether oxygens (including phenoxy) is 3. The lowest BCUT2D eigenvalue weighted by Gasteiger charge is -2.32. The summed E-state index contributed by atoms with van der Waals surface area (Å²) in [6.07, 6.45) is 0.535. The van der Waals surface area contributed by atoms with Crippen LogP contribution in [-0.4, -0.2) is 55.1 Å². The number of rotatable bonds is 15. The maximum absolute atomic E-state index is 12.1. The maximum atomic E-state index is 12.1. The van der Waals surface area contributed by atoms with Gasteiger partial charge in [0.05, 0.1) is 14.2 Å². The van der Waals surface area contributed by atoms with Crippen molar-refractivity contribution < 1.29 is 24.4 Å². The van der Waals surface area contributed by atoms with Gasteiger partial charge in [-0.3, -0.25) is 4.90 Å². The Hall–Kier alpha value is -3.84. The van der Waals surface area contributed by atoms with E-state index >= 15 is 0 Å². The second-order valence-electron chi connectivity index (χ2n) is 9.92. The molecule has 0 aliphatic carbocycles. The van der Waals surface area contributed by atoms with Crippen LogP contribution in [-0.2, 0) is 12.1 Å². The number of hydrogen-bond acceptors (Lipinski definition) is 6. The molecular weight excluding hydrogens is 502 g/mol. The molecule has 0 bridgehead atoms. The Morgan fingerprint density at radius 3 is 1.75 bits per heavy atom. The van der Waals surface area contributed by atoms with Crippen LogP contribution in [0.25, 0.3) is 0 Å². The molecule has 0 aliphatic heterocycles. The molecule has 0 heterocycles. The molecule has 0 aliphatic rings. The van der Waals surface area contributed by atoms with Crippen LogP contribution in [0.15, 0.2) is 109 Å². The molecule has 0 saturated carbocycles. The van der Waals surface area contributed by atoms with Crippen molar-refractivity contribution in [2.45, 2.75) is 31.1 Å². The normalized spacial score (nSPS) is 12.2. The third kappa shape index (κ3) is 8.09. The molecule has 1 atom stereocenters. The molecular formula is C34H39NO5. The molecule has 0 fully saturated rings. The third-order valence-corrected chi connectivity index (χ3v) is 7.05. The lowest BCUT2D eigenvalue weighted by Crippen LogP contribution is -2.37. The van der Waals surface area contributed by atoms with Crippen molar-refractivity contribution in [1.82, 2.24) is 4.90 Å². The van der Waals surface area contributed by atoms with Gasteiger partial charge in [0, 0.05) is 13.1 Å². The average Bonchev–Trinajstić information content (AvgIpc) is 3.01. The lowest BCUT2D eigenvalue weighted by atomic mass is 9.82. The smallest absolute Gasteiger partial charge is 0.119 e. The molecule has 6 heteroatoms. The van der Waals surface area contributed by atoms with E-state index in [4.69, 9.17) is 14.2 Å². The van der Waals surface area contributed by atoms with E-state index in [1.54, 1.807) is 14.2 Å². The number of aliphatic hydroxyl groups excluding tert-OH is 1. The highest BCUT2D eigenvalue weighted by molar-refractivity contribution is 5.40. The van der Waals surface area contributed by atoms with Crippen LogP contribution < -0.4 is 14.2 Å². The van der Waals surface area contributed by atoms with Gasteiger partial charge in [-0.05, 0) is 72.5 Å². The molecule has 0 aromatic heterocycles. The zero-order valence-electron chi connectivity index (χ0n) is 23.3. The molecule has 4 aromatic rings. The van der Waals surface area contributed by atoms with E-state index in [-0.39, 0.29) is 6.61 Å². The SMILES string of the molecule is COc1ccc(C(O)(CCCN(Cc2ccccc2)C[C@H](O)COc2ccccc2)c2ccc(OC)cc2)cc1. The molecule has 4 aromatic carbocycles. The Balaban J connectivity index is 1.47. The topological polar surface area (TPSA) is 71.4 Å². The largest absolute Gasteiger partial charge is 0.497 e. The van der Waals surface area contributed by atoms with Crippen molar-refractivity contribution in [2.24, 2.45) is 0 Å². The molecule has 0 saturated heterocycles. The van der Waals surface area contributed by atoms with Crippen molar-refractivity contribution >= 4 is 0 Å². The first kappa shape index (κ1) is 29.2. The fourth-order valence-corrected chi connectivity index (χ4v) is 4.88. The Bertz CT molecular complexity index is 1220. The summed E-state index contributed by atoms with van der Waals surface area (Å²) in [5, 5.41) is 22.9. The zero-order valence-corrected chi connectivity index (χ0v) is 23.3. The first-order valence-corrected chi connectivity index (χ1v) is 13.6. The summed E-state index contributed by atoms with van der Waals surface area (Å²) in [6.45, 7) is 2.03. The van der Waals surface area contributed by atoms with E-state index in [1.807, 2.05) is 97.1 Å². The maximum Gasteiger partial charge on any atom is 0.119 e. The Labute approximate surface area is 237 Å². The van der Waals surface area contributed by atoms with Crippen LogP contribution in [0.3, 0.4) is 0 Å². The van der Waals surface area contributed by atoms with Gasteiger partial charge in [0.15, 0.2) is 0 Å². The lowest BCUT2D eigenvalue weighted by molar-refractivity contribution is 0.0498. The van der Waals surface area contributed by atoms with E-state index in [1.165, 1.54) is 5.56 Å². The monoisotopic (exact) mass is 541 g/mol. The van der Waals surface area contributed by atoms with E-state index in [0.29, 0.717) is 32.5 Å². The van der Waals surface area contributed by atoms with Gasteiger partial charge in [-0.25, -0.2) is 0 Å². The minimum absolute atomic E-state index is 0.205. The predicted molar refractivity (Wildman–Crippen MR) is 158 cm³/mol. The summed E-state index contributed by atoms with van der Waals surface area (Å²) in [5.74, 6) is 2.21. The molecule has 40 heavy (non-hydrogen) atoms. The van der Waals surface area contributed by atoms with Crippen LogP contribution in [0.5, 0.6) is 17.2 Å². The quantitative estimate of drug-likeness (QED) is 0.202. The molecule has 0 unspecified atom stereocenters. The summed E-state index contributed by atoms with van der Waals surface area (Å²) >= 11 is 0. The highest BCUT2D eigenvalue weighted by atomic mass is 16.5. The van der Waals surface area contributed by atoms with Gasteiger partial charge < -0.3 is 24.4 Å². The molecule has 4 rings (SSSR count). The number of hydrogen-bond donors (Lipinski definition) is 2. The summed E-state index contributed by atoms with van der Waals surface area (Å²) in [5.41, 5.74) is 1.56. The van der Waals surface area contributed by atoms with E-state index in [2.05, 4.69) is 17.0 Å². The van der Waals surface area contributed by atoms with E-state index in [0.717, 1.165) is 28.4 Å². The van der Waals surface area contributed by atoms with Crippen LogP contribution in [0.2, 0.25) is 0 Å². The highest BCUT2D eigenvalue weighted by Crippen LogP contribution is 2.36. The Morgan fingerprint density at radius 2 is 1.23 bits per heavy atom. The number of nitrogens with zero attached hydrogens (tertiary/aromatic N) is 1. The van der Waals surface area contributed by atoms with Crippen molar-refractivity contribution in [3.05, 3.63) is 126 Å². The predicted octanol–water partition coefficient (Wildman–Crippen LogP) is 5.66. The van der Waals surface area contributed by atoms with E-state index < -0.39 is 11.7 Å². The van der Waals surface area contributed by atoms with Crippen LogP contribution in [0.1, 0.15) is 29.5 Å².